The van der Waals surface area contributed by atoms with Crippen molar-refractivity contribution in [3.8, 4) is 23.5 Å². The Hall–Kier alpha value is -3.54. The number of ether oxygens (including phenoxy) is 4. The molecule has 156 valence electrons. The van der Waals surface area contributed by atoms with Crippen LogP contribution in [-0.4, -0.2) is 50.6 Å². The second-order valence-corrected chi connectivity index (χ2v) is 6.20. The van der Waals surface area contributed by atoms with Crippen LogP contribution >= 0.6 is 0 Å². The number of anilines is 2. The van der Waals surface area contributed by atoms with E-state index in [1.807, 2.05) is 36.4 Å². The Kier molecular flexibility index (Phi) is 7.66. The zero-order valence-electron chi connectivity index (χ0n) is 17.0. The molecule has 0 radical (unpaired) electrons. The van der Waals surface area contributed by atoms with Crippen molar-refractivity contribution in [2.75, 3.05) is 46.0 Å². The second-order valence-electron chi connectivity index (χ2n) is 6.20. The minimum Gasteiger partial charge on any atom is -0.487 e. The van der Waals surface area contributed by atoms with E-state index in [1.165, 1.54) is 6.33 Å². The molecule has 0 fully saturated rings. The van der Waals surface area contributed by atoms with Gasteiger partial charge in [0.25, 0.3) is 0 Å². The molecule has 0 aliphatic heterocycles. The van der Waals surface area contributed by atoms with E-state index in [9.17, 15) is 0 Å². The number of hydrogen-bond donors (Lipinski definition) is 2. The highest BCUT2D eigenvalue weighted by Crippen LogP contribution is 2.35. The molecule has 2 aromatic carbocycles. The van der Waals surface area contributed by atoms with Gasteiger partial charge in [-0.05, 0) is 30.2 Å². The number of fused-ring (bicyclic) bond motifs is 1. The van der Waals surface area contributed by atoms with Crippen LogP contribution in [0.5, 0.6) is 11.5 Å². The highest BCUT2D eigenvalue weighted by molar-refractivity contribution is 5.93. The highest BCUT2D eigenvalue weighted by Gasteiger charge is 2.13. The highest BCUT2D eigenvalue weighted by atomic mass is 16.5. The number of aromatic nitrogens is 2. The van der Waals surface area contributed by atoms with E-state index >= 15 is 0 Å². The summed E-state index contributed by atoms with van der Waals surface area (Å²) >= 11 is 0. The Labute approximate surface area is 175 Å². The molecule has 0 aliphatic rings. The van der Waals surface area contributed by atoms with Crippen LogP contribution in [0, 0.1) is 12.0 Å². The first-order valence-corrected chi connectivity index (χ1v) is 9.36. The molecule has 0 bridgehead atoms. The van der Waals surface area contributed by atoms with E-state index < -0.39 is 0 Å². The van der Waals surface area contributed by atoms with Crippen molar-refractivity contribution >= 4 is 22.4 Å². The maximum atomic E-state index is 5.87. The van der Waals surface area contributed by atoms with E-state index in [0.717, 1.165) is 22.2 Å². The molecule has 0 saturated heterocycles. The Morgan fingerprint density at radius 2 is 1.67 bits per heavy atom. The third-order valence-corrected chi connectivity index (χ3v) is 4.13. The number of nitrogens with one attached hydrogen (secondary N) is 1. The van der Waals surface area contributed by atoms with Crippen molar-refractivity contribution < 1.29 is 18.9 Å². The zero-order valence-corrected chi connectivity index (χ0v) is 17.0. The molecule has 3 aromatic rings. The minimum atomic E-state index is 0.388. The lowest BCUT2D eigenvalue weighted by Gasteiger charge is -2.15. The van der Waals surface area contributed by atoms with Gasteiger partial charge in [-0.3, -0.25) is 0 Å². The summed E-state index contributed by atoms with van der Waals surface area (Å²) in [6.07, 6.45) is 1.50. The van der Waals surface area contributed by atoms with Gasteiger partial charge < -0.3 is 30.0 Å². The fraction of sp³-hybridized carbons (Fsp3) is 0.273. The summed E-state index contributed by atoms with van der Waals surface area (Å²) in [4.78, 5) is 8.77. The van der Waals surface area contributed by atoms with Crippen LogP contribution in [0.3, 0.4) is 0 Å². The molecular weight excluding hydrogens is 384 g/mol. The maximum Gasteiger partial charge on any atom is 0.163 e. The standard InChI is InChI=1S/C22H24N4O4/c1-27-8-10-29-20-13-18-19(14-21(20)30-11-9-28-2)24-15-25-22(18)26-17-5-3-4-16(12-17)6-7-23/h3-5,12-15H,8-11,23H2,1-2H3,(H,24,25,26). The van der Waals surface area contributed by atoms with Crippen LogP contribution in [0.25, 0.3) is 10.9 Å². The summed E-state index contributed by atoms with van der Waals surface area (Å²) < 4.78 is 21.8. The monoisotopic (exact) mass is 408 g/mol. The molecule has 3 rings (SSSR count). The van der Waals surface area contributed by atoms with Gasteiger partial charge in [0.2, 0.25) is 0 Å². The van der Waals surface area contributed by atoms with E-state index in [4.69, 9.17) is 24.7 Å². The molecule has 0 atom stereocenters. The van der Waals surface area contributed by atoms with Crippen LogP contribution in [0.15, 0.2) is 42.7 Å². The maximum absolute atomic E-state index is 5.87. The van der Waals surface area contributed by atoms with E-state index in [2.05, 4.69) is 27.2 Å². The van der Waals surface area contributed by atoms with Crippen molar-refractivity contribution in [2.24, 2.45) is 5.73 Å². The van der Waals surface area contributed by atoms with Crippen molar-refractivity contribution in [1.29, 1.82) is 0 Å². The van der Waals surface area contributed by atoms with Crippen molar-refractivity contribution in [2.45, 2.75) is 0 Å². The van der Waals surface area contributed by atoms with Crippen molar-refractivity contribution in [3.05, 3.63) is 48.3 Å². The van der Waals surface area contributed by atoms with Gasteiger partial charge in [0.05, 0.1) is 18.7 Å². The smallest absolute Gasteiger partial charge is 0.163 e. The van der Waals surface area contributed by atoms with Crippen LogP contribution in [0.1, 0.15) is 5.56 Å². The minimum absolute atomic E-state index is 0.388. The van der Waals surface area contributed by atoms with Crippen molar-refractivity contribution in [3.63, 3.8) is 0 Å². The number of hydrogen-bond acceptors (Lipinski definition) is 8. The van der Waals surface area contributed by atoms with Gasteiger partial charge in [0.1, 0.15) is 25.4 Å². The van der Waals surface area contributed by atoms with E-state index in [1.54, 1.807) is 14.2 Å². The first kappa shape index (κ1) is 21.2. The number of methoxy groups -OCH3 is 2. The number of nitrogens with zero attached hydrogens (tertiary/aromatic N) is 2. The average Bonchev–Trinajstić information content (AvgIpc) is 2.75. The summed E-state index contributed by atoms with van der Waals surface area (Å²) in [6.45, 7) is 1.71. The summed E-state index contributed by atoms with van der Waals surface area (Å²) in [6, 6.07) is 13.7. The number of benzene rings is 2. The molecular formula is C22H24N4O4. The van der Waals surface area contributed by atoms with Gasteiger partial charge >= 0.3 is 0 Å². The predicted octanol–water partition coefficient (Wildman–Crippen LogP) is 2.69. The Morgan fingerprint density at radius 3 is 2.37 bits per heavy atom. The molecule has 0 amide bonds. The lowest BCUT2D eigenvalue weighted by atomic mass is 10.2. The van der Waals surface area contributed by atoms with Gasteiger partial charge in [0.15, 0.2) is 11.5 Å². The summed E-state index contributed by atoms with van der Waals surface area (Å²) in [7, 11) is 3.25. The van der Waals surface area contributed by atoms with Gasteiger partial charge in [-0.1, -0.05) is 6.07 Å². The van der Waals surface area contributed by atoms with Crippen LogP contribution in [0.2, 0.25) is 0 Å². The molecule has 3 N–H and O–H groups in total. The molecule has 0 saturated carbocycles. The Bertz CT molecular complexity index is 1050. The Balaban J connectivity index is 1.95. The summed E-state index contributed by atoms with van der Waals surface area (Å²) in [5, 5.41) is 4.10. The fourth-order valence-electron chi connectivity index (χ4n) is 2.75. The third kappa shape index (κ3) is 5.50. The molecule has 0 aliphatic carbocycles. The number of rotatable bonds is 10. The largest absolute Gasteiger partial charge is 0.487 e. The zero-order chi connectivity index (χ0) is 21.2. The first-order chi connectivity index (χ1) is 14.7. The van der Waals surface area contributed by atoms with Gasteiger partial charge in [-0.25, -0.2) is 9.97 Å². The molecule has 1 aromatic heterocycles. The SMILES string of the molecule is COCCOc1cc2ncnc(Nc3cccc(C#CN)c3)c2cc1OCCOC. The third-order valence-electron chi connectivity index (χ3n) is 4.13. The molecule has 0 spiro atoms. The quantitative estimate of drug-likeness (QED) is 0.300. The van der Waals surface area contributed by atoms with Crippen LogP contribution < -0.4 is 20.5 Å². The molecule has 30 heavy (non-hydrogen) atoms. The first-order valence-electron chi connectivity index (χ1n) is 9.36. The molecule has 0 unspecified atom stereocenters. The van der Waals surface area contributed by atoms with Crippen molar-refractivity contribution in [1.82, 2.24) is 9.97 Å². The van der Waals surface area contributed by atoms with Gasteiger partial charge in [-0.15, -0.1) is 0 Å². The lowest BCUT2D eigenvalue weighted by molar-refractivity contribution is 0.132. The lowest BCUT2D eigenvalue weighted by Crippen LogP contribution is -2.09. The molecule has 8 nitrogen and oxygen atoms in total. The molecule has 8 heteroatoms. The topological polar surface area (TPSA) is 101 Å². The molecule has 1 heterocycles. The Morgan fingerprint density at radius 1 is 0.933 bits per heavy atom. The van der Waals surface area contributed by atoms with Gasteiger partial charge in [0, 0.05) is 43.0 Å². The summed E-state index contributed by atoms with van der Waals surface area (Å²) in [5.41, 5.74) is 7.67. The average molecular weight is 408 g/mol. The summed E-state index contributed by atoms with van der Waals surface area (Å²) in [5.74, 6) is 4.64. The predicted molar refractivity (Wildman–Crippen MR) is 115 cm³/mol. The van der Waals surface area contributed by atoms with Crippen LogP contribution in [-0.2, 0) is 9.47 Å². The second kappa shape index (κ2) is 10.9. The normalized spacial score (nSPS) is 10.3. The van der Waals surface area contributed by atoms with E-state index in [-0.39, 0.29) is 0 Å². The van der Waals surface area contributed by atoms with E-state index in [0.29, 0.717) is 43.7 Å². The van der Waals surface area contributed by atoms with Gasteiger partial charge in [-0.2, -0.15) is 0 Å². The fourth-order valence-corrected chi connectivity index (χ4v) is 2.75. The number of nitrogens with two attached hydrogens (primary N) is 1. The van der Waals surface area contributed by atoms with Crippen LogP contribution in [0.4, 0.5) is 11.5 Å².